The van der Waals surface area contributed by atoms with Crippen LogP contribution in [0.25, 0.3) is 0 Å². The normalized spacial score (nSPS) is 17.3. The van der Waals surface area contributed by atoms with Crippen LogP contribution < -0.4 is 0 Å². The van der Waals surface area contributed by atoms with Gasteiger partial charge in [0.15, 0.2) is 4.77 Å². The molecule has 7 nitrogen and oxygen atoms in total. The summed E-state index contributed by atoms with van der Waals surface area (Å²) < 4.78 is 44.5. The Morgan fingerprint density at radius 3 is 2.48 bits per heavy atom. The molecule has 0 N–H and O–H groups in total. The summed E-state index contributed by atoms with van der Waals surface area (Å²) in [5, 5.41) is 4.35. The van der Waals surface area contributed by atoms with Gasteiger partial charge in [-0.15, -0.1) is 0 Å². The van der Waals surface area contributed by atoms with Gasteiger partial charge in [-0.3, -0.25) is 4.90 Å². The van der Waals surface area contributed by atoms with Crippen LogP contribution in [0.1, 0.15) is 26.3 Å². The van der Waals surface area contributed by atoms with Crippen LogP contribution in [0.3, 0.4) is 0 Å². The van der Waals surface area contributed by atoms with Crippen LogP contribution in [0.2, 0.25) is 0 Å². The summed E-state index contributed by atoms with van der Waals surface area (Å²) in [6, 6.07) is 5.20. The lowest BCUT2D eigenvalue weighted by Crippen LogP contribution is -2.35. The first-order valence-electron chi connectivity index (χ1n) is 8.91. The molecule has 0 spiro atoms. The predicted molar refractivity (Wildman–Crippen MR) is 103 cm³/mol. The van der Waals surface area contributed by atoms with E-state index in [2.05, 4.69) is 10.00 Å². The van der Waals surface area contributed by atoms with Crippen LogP contribution in [0.15, 0.2) is 35.5 Å². The van der Waals surface area contributed by atoms with Gasteiger partial charge in [0.2, 0.25) is 10.0 Å². The van der Waals surface area contributed by atoms with E-state index in [1.54, 1.807) is 11.0 Å². The number of hydrogen-bond donors (Lipinski definition) is 0. The van der Waals surface area contributed by atoms with Gasteiger partial charge in [-0.2, -0.15) is 9.40 Å². The molecule has 2 heterocycles. The summed E-state index contributed by atoms with van der Waals surface area (Å²) in [5.74, 6) is -0.450. The van der Waals surface area contributed by atoms with E-state index in [-0.39, 0.29) is 10.9 Å². The number of hydrogen-bond acceptors (Lipinski definition) is 5. The van der Waals surface area contributed by atoms with Crippen molar-refractivity contribution in [3.63, 3.8) is 0 Å². The van der Waals surface area contributed by atoms with E-state index >= 15 is 0 Å². The Bertz CT molecular complexity index is 937. The highest BCUT2D eigenvalue weighted by Crippen LogP contribution is 2.18. The molecule has 0 aliphatic carbocycles. The molecule has 3 rings (SSSR count). The van der Waals surface area contributed by atoms with Crippen LogP contribution >= 0.6 is 12.2 Å². The molecule has 1 aliphatic rings. The summed E-state index contributed by atoms with van der Waals surface area (Å²) in [7, 11) is -3.62. The summed E-state index contributed by atoms with van der Waals surface area (Å²) in [4.78, 5) is 2.27. The molecule has 1 saturated heterocycles. The lowest BCUT2D eigenvalue weighted by atomic mass is 10.4. The molecule has 1 aliphatic heterocycles. The van der Waals surface area contributed by atoms with Gasteiger partial charge in [0.1, 0.15) is 12.1 Å². The van der Waals surface area contributed by atoms with E-state index in [0.29, 0.717) is 37.5 Å². The van der Waals surface area contributed by atoms with E-state index in [4.69, 9.17) is 12.2 Å². The fraction of sp³-hybridized carbons (Fsp3) is 0.529. The monoisotopic (exact) mass is 413 g/mol. The van der Waals surface area contributed by atoms with Crippen molar-refractivity contribution in [3.8, 4) is 0 Å². The average Bonchev–Trinajstić information content (AvgIpc) is 2.82. The third kappa shape index (κ3) is 4.45. The topological polar surface area (TPSA) is 63.4 Å². The molecule has 27 heavy (non-hydrogen) atoms. The van der Waals surface area contributed by atoms with Gasteiger partial charge < -0.3 is 4.57 Å². The van der Waals surface area contributed by atoms with Crippen molar-refractivity contribution in [2.75, 3.05) is 26.2 Å². The Kier molecular flexibility index (Phi) is 6.09. The molecular formula is C17H24FN5O2S2. The minimum Gasteiger partial charge on any atom is -0.304 e. The maximum Gasteiger partial charge on any atom is 0.243 e. The largest absolute Gasteiger partial charge is 0.304 e. The molecule has 2 aromatic rings. The van der Waals surface area contributed by atoms with Crippen LogP contribution in [0, 0.1) is 10.6 Å². The second-order valence-corrected chi connectivity index (χ2v) is 9.19. The van der Waals surface area contributed by atoms with Crippen LogP contribution in [0.4, 0.5) is 4.39 Å². The summed E-state index contributed by atoms with van der Waals surface area (Å²) in [6.07, 6.45) is 2.44. The quantitative estimate of drug-likeness (QED) is 0.705. The number of nitrogens with zero attached hydrogens (tertiary/aromatic N) is 5. The summed E-state index contributed by atoms with van der Waals surface area (Å²) >= 11 is 5.46. The van der Waals surface area contributed by atoms with Crippen LogP contribution in [0.5, 0.6) is 0 Å². The van der Waals surface area contributed by atoms with Gasteiger partial charge >= 0.3 is 0 Å². The van der Waals surface area contributed by atoms with E-state index in [1.165, 1.54) is 28.6 Å². The zero-order valence-electron chi connectivity index (χ0n) is 15.5. The number of benzene rings is 1. The third-order valence-corrected chi connectivity index (χ3v) is 6.98. The molecule has 1 fully saturated rings. The third-order valence-electron chi connectivity index (χ3n) is 4.65. The standard InChI is InChI=1S/C17H24FN5O2S2/c1-14(2)22-12-19-23(17(22)26)13-20-8-3-9-21(11-10-20)27(24,25)16-6-4-15(18)5-7-16/h4-7,12,14H,3,8-11,13H2,1-2H3. The predicted octanol–water partition coefficient (Wildman–Crippen LogP) is 2.49. The van der Waals surface area contributed by atoms with Gasteiger partial charge in [-0.05, 0) is 56.8 Å². The van der Waals surface area contributed by atoms with Crippen molar-refractivity contribution in [2.24, 2.45) is 0 Å². The molecule has 0 bridgehead atoms. The smallest absolute Gasteiger partial charge is 0.243 e. The molecule has 1 aromatic carbocycles. The molecule has 0 radical (unpaired) electrons. The number of rotatable bonds is 5. The average molecular weight is 414 g/mol. The first-order chi connectivity index (χ1) is 12.8. The molecule has 0 unspecified atom stereocenters. The van der Waals surface area contributed by atoms with Gasteiger partial charge in [-0.25, -0.2) is 17.5 Å². The highest BCUT2D eigenvalue weighted by Gasteiger charge is 2.27. The lowest BCUT2D eigenvalue weighted by Gasteiger charge is -2.21. The lowest BCUT2D eigenvalue weighted by molar-refractivity contribution is 0.215. The SMILES string of the molecule is CC(C)n1cnn(CN2CCCN(S(=O)(=O)c3ccc(F)cc3)CC2)c1=S. The molecular weight excluding hydrogens is 389 g/mol. The van der Waals surface area contributed by atoms with E-state index in [0.717, 1.165) is 6.54 Å². The van der Waals surface area contributed by atoms with Gasteiger partial charge in [-0.1, -0.05) is 0 Å². The molecule has 0 amide bonds. The summed E-state index contributed by atoms with van der Waals surface area (Å²) in [6.45, 7) is 6.77. The van der Waals surface area contributed by atoms with Crippen molar-refractivity contribution in [3.05, 3.63) is 41.2 Å². The van der Waals surface area contributed by atoms with Crippen LogP contribution in [-0.2, 0) is 16.7 Å². The molecule has 0 saturated carbocycles. The molecule has 0 atom stereocenters. The second kappa shape index (κ2) is 8.17. The van der Waals surface area contributed by atoms with E-state index < -0.39 is 15.8 Å². The van der Waals surface area contributed by atoms with Crippen molar-refractivity contribution >= 4 is 22.2 Å². The zero-order chi connectivity index (χ0) is 19.6. The summed E-state index contributed by atoms with van der Waals surface area (Å²) in [5.41, 5.74) is 0. The number of sulfonamides is 1. The van der Waals surface area contributed by atoms with Crippen molar-refractivity contribution < 1.29 is 12.8 Å². The van der Waals surface area contributed by atoms with E-state index in [9.17, 15) is 12.8 Å². The Morgan fingerprint density at radius 2 is 1.85 bits per heavy atom. The highest BCUT2D eigenvalue weighted by molar-refractivity contribution is 7.89. The van der Waals surface area contributed by atoms with Crippen LogP contribution in [-0.4, -0.2) is 58.1 Å². The van der Waals surface area contributed by atoms with Gasteiger partial charge in [0, 0.05) is 32.2 Å². The number of halogens is 1. The Hall–Kier alpha value is -1.62. The fourth-order valence-electron chi connectivity index (χ4n) is 3.08. The highest BCUT2D eigenvalue weighted by atomic mass is 32.2. The van der Waals surface area contributed by atoms with Crippen molar-refractivity contribution in [1.82, 2.24) is 23.6 Å². The van der Waals surface area contributed by atoms with Gasteiger partial charge in [0.25, 0.3) is 0 Å². The Morgan fingerprint density at radius 1 is 1.15 bits per heavy atom. The maximum absolute atomic E-state index is 13.1. The number of aromatic nitrogens is 3. The van der Waals surface area contributed by atoms with Gasteiger partial charge in [0.05, 0.1) is 11.6 Å². The zero-order valence-corrected chi connectivity index (χ0v) is 17.1. The van der Waals surface area contributed by atoms with Crippen molar-refractivity contribution in [1.29, 1.82) is 0 Å². The van der Waals surface area contributed by atoms with Crippen molar-refractivity contribution in [2.45, 2.75) is 37.9 Å². The molecule has 10 heteroatoms. The fourth-order valence-corrected chi connectivity index (χ4v) is 4.91. The molecule has 148 valence electrons. The first-order valence-corrected chi connectivity index (χ1v) is 10.8. The second-order valence-electron chi connectivity index (χ2n) is 6.89. The minimum atomic E-state index is -3.62. The Labute approximate surface area is 164 Å². The van der Waals surface area contributed by atoms with E-state index in [1.807, 2.05) is 18.4 Å². The maximum atomic E-state index is 13.1. The Balaban J connectivity index is 1.68. The molecule has 1 aromatic heterocycles. The first kappa shape index (κ1) is 20.1. The minimum absolute atomic E-state index is 0.121.